The topological polar surface area (TPSA) is 41.9 Å². The van der Waals surface area contributed by atoms with Crippen molar-refractivity contribution in [3.63, 3.8) is 0 Å². The number of rotatable bonds is 5. The van der Waals surface area contributed by atoms with E-state index in [1.54, 1.807) is 11.3 Å². The quantitative estimate of drug-likeness (QED) is 0.841. The molecule has 0 fully saturated rings. The molecule has 0 saturated heterocycles. The molecule has 5 heteroatoms. The Morgan fingerprint density at radius 1 is 1.19 bits per heavy atom. The minimum atomic E-state index is 0.285. The lowest BCUT2D eigenvalue weighted by atomic mass is 10.2. The van der Waals surface area contributed by atoms with Crippen molar-refractivity contribution in [3.8, 4) is 0 Å². The van der Waals surface area contributed by atoms with Crippen molar-refractivity contribution < 1.29 is 0 Å². The fraction of sp³-hybridized carbons (Fsp3) is 0.562. The summed E-state index contributed by atoms with van der Waals surface area (Å²) in [6.07, 6.45) is 1.86. The van der Waals surface area contributed by atoms with Crippen LogP contribution in [0.25, 0.3) is 0 Å². The summed E-state index contributed by atoms with van der Waals surface area (Å²) in [5.41, 5.74) is 2.24. The zero-order valence-corrected chi connectivity index (χ0v) is 14.5. The van der Waals surface area contributed by atoms with Crippen LogP contribution in [-0.2, 0) is 6.54 Å². The predicted octanol–water partition coefficient (Wildman–Crippen LogP) is 3.87. The third-order valence-electron chi connectivity index (χ3n) is 3.66. The van der Waals surface area contributed by atoms with Crippen molar-refractivity contribution in [2.24, 2.45) is 0 Å². The van der Waals surface area contributed by atoms with Crippen molar-refractivity contribution >= 4 is 11.3 Å². The fourth-order valence-corrected chi connectivity index (χ4v) is 3.22. The first-order chi connectivity index (χ1) is 9.88. The summed E-state index contributed by atoms with van der Waals surface area (Å²) in [4.78, 5) is 17.2. The van der Waals surface area contributed by atoms with E-state index >= 15 is 0 Å². The molecule has 0 saturated carbocycles. The SMILES string of the molecule is Cc1nc([C@@H](C)N(C)Cc2ccnc(C(C)C)n2)c(C)s1. The summed E-state index contributed by atoms with van der Waals surface area (Å²) < 4.78 is 0. The maximum atomic E-state index is 4.66. The van der Waals surface area contributed by atoms with Crippen LogP contribution in [0, 0.1) is 13.8 Å². The van der Waals surface area contributed by atoms with Crippen LogP contribution in [0.5, 0.6) is 0 Å². The molecule has 4 nitrogen and oxygen atoms in total. The summed E-state index contributed by atoms with van der Waals surface area (Å²) in [6, 6.07) is 2.28. The van der Waals surface area contributed by atoms with Gasteiger partial charge in [0.15, 0.2) is 0 Å². The van der Waals surface area contributed by atoms with Crippen molar-refractivity contribution in [3.05, 3.63) is 39.4 Å². The van der Waals surface area contributed by atoms with E-state index in [1.165, 1.54) is 10.6 Å². The lowest BCUT2D eigenvalue weighted by Crippen LogP contribution is -2.23. The molecule has 2 heterocycles. The van der Waals surface area contributed by atoms with Gasteiger partial charge in [0.2, 0.25) is 0 Å². The Morgan fingerprint density at radius 2 is 1.90 bits per heavy atom. The first-order valence-corrected chi connectivity index (χ1v) is 8.16. The molecule has 2 aromatic heterocycles. The average Bonchev–Trinajstić information content (AvgIpc) is 2.77. The standard InChI is InChI=1S/C16H24N4S/c1-10(2)16-17-8-7-14(19-16)9-20(6)11(3)15-12(4)21-13(5)18-15/h7-8,10-11H,9H2,1-6H3/t11-/m1/s1. The number of nitrogens with zero attached hydrogens (tertiary/aromatic N) is 4. The maximum absolute atomic E-state index is 4.66. The summed E-state index contributed by atoms with van der Waals surface area (Å²) in [6.45, 7) is 11.4. The third-order valence-corrected chi connectivity index (χ3v) is 4.56. The minimum Gasteiger partial charge on any atom is -0.292 e. The second kappa shape index (κ2) is 6.62. The van der Waals surface area contributed by atoms with Gasteiger partial charge in [0.05, 0.1) is 22.4 Å². The van der Waals surface area contributed by atoms with Crippen LogP contribution < -0.4 is 0 Å². The predicted molar refractivity (Wildman–Crippen MR) is 87.6 cm³/mol. The molecule has 0 aliphatic heterocycles. The van der Waals surface area contributed by atoms with E-state index in [2.05, 4.69) is 61.5 Å². The van der Waals surface area contributed by atoms with Crippen molar-refractivity contribution in [2.45, 2.75) is 53.1 Å². The fourth-order valence-electron chi connectivity index (χ4n) is 2.31. The lowest BCUT2D eigenvalue weighted by molar-refractivity contribution is 0.245. The van der Waals surface area contributed by atoms with Crippen molar-refractivity contribution in [1.29, 1.82) is 0 Å². The second-order valence-electron chi connectivity index (χ2n) is 5.83. The van der Waals surface area contributed by atoms with Gasteiger partial charge in [-0.2, -0.15) is 0 Å². The Balaban J connectivity index is 2.12. The van der Waals surface area contributed by atoms with Gasteiger partial charge in [-0.15, -0.1) is 11.3 Å². The molecule has 2 rings (SSSR count). The Kier molecular flexibility index (Phi) is 5.06. The van der Waals surface area contributed by atoms with Gasteiger partial charge in [0.25, 0.3) is 0 Å². The molecule has 0 amide bonds. The largest absolute Gasteiger partial charge is 0.292 e. The van der Waals surface area contributed by atoms with Crippen LogP contribution in [0.1, 0.15) is 59.8 Å². The molecule has 0 aliphatic carbocycles. The maximum Gasteiger partial charge on any atom is 0.131 e. The van der Waals surface area contributed by atoms with Gasteiger partial charge in [-0.05, 0) is 33.9 Å². The normalized spacial score (nSPS) is 13.1. The molecule has 0 spiro atoms. The Hall–Kier alpha value is -1.33. The number of hydrogen-bond donors (Lipinski definition) is 0. The lowest BCUT2D eigenvalue weighted by Gasteiger charge is -2.23. The van der Waals surface area contributed by atoms with E-state index in [4.69, 9.17) is 0 Å². The highest BCUT2D eigenvalue weighted by Crippen LogP contribution is 2.26. The average molecular weight is 304 g/mol. The third kappa shape index (κ3) is 3.86. The van der Waals surface area contributed by atoms with Gasteiger partial charge in [0, 0.05) is 23.5 Å². The van der Waals surface area contributed by atoms with E-state index in [9.17, 15) is 0 Å². The molecule has 2 aromatic rings. The van der Waals surface area contributed by atoms with Crippen molar-refractivity contribution in [2.75, 3.05) is 7.05 Å². The van der Waals surface area contributed by atoms with Gasteiger partial charge in [-0.1, -0.05) is 13.8 Å². The zero-order chi connectivity index (χ0) is 15.6. The summed E-state index contributed by atoms with van der Waals surface area (Å²) in [5, 5.41) is 1.13. The summed E-state index contributed by atoms with van der Waals surface area (Å²) >= 11 is 1.76. The highest BCUT2D eigenvalue weighted by molar-refractivity contribution is 7.11. The van der Waals surface area contributed by atoms with E-state index in [-0.39, 0.29) is 6.04 Å². The van der Waals surface area contributed by atoms with Crippen LogP contribution in [0.3, 0.4) is 0 Å². The monoisotopic (exact) mass is 304 g/mol. The molecule has 114 valence electrons. The molecule has 0 N–H and O–H groups in total. The summed E-state index contributed by atoms with van der Waals surface area (Å²) in [5.74, 6) is 1.27. The number of thiazole rings is 1. The molecule has 0 aliphatic rings. The van der Waals surface area contributed by atoms with Gasteiger partial charge < -0.3 is 0 Å². The van der Waals surface area contributed by atoms with Crippen LogP contribution in [0.15, 0.2) is 12.3 Å². The molecular weight excluding hydrogens is 280 g/mol. The molecule has 0 aromatic carbocycles. The number of hydrogen-bond acceptors (Lipinski definition) is 5. The first-order valence-electron chi connectivity index (χ1n) is 7.34. The molecule has 0 radical (unpaired) electrons. The van der Waals surface area contributed by atoms with E-state index in [0.29, 0.717) is 5.92 Å². The van der Waals surface area contributed by atoms with Crippen LogP contribution in [0.4, 0.5) is 0 Å². The van der Waals surface area contributed by atoms with Crippen LogP contribution in [0.2, 0.25) is 0 Å². The Labute approximate surface area is 131 Å². The zero-order valence-electron chi connectivity index (χ0n) is 13.7. The first kappa shape index (κ1) is 16.0. The second-order valence-corrected chi connectivity index (χ2v) is 7.23. The molecule has 0 unspecified atom stereocenters. The van der Waals surface area contributed by atoms with E-state index < -0.39 is 0 Å². The van der Waals surface area contributed by atoms with E-state index in [1.807, 2.05) is 12.3 Å². The molecule has 1 atom stereocenters. The highest BCUT2D eigenvalue weighted by atomic mass is 32.1. The number of aromatic nitrogens is 3. The van der Waals surface area contributed by atoms with Gasteiger partial charge >= 0.3 is 0 Å². The van der Waals surface area contributed by atoms with Gasteiger partial charge in [-0.3, -0.25) is 4.90 Å². The number of aryl methyl sites for hydroxylation is 2. The van der Waals surface area contributed by atoms with Gasteiger partial charge in [0.1, 0.15) is 5.82 Å². The van der Waals surface area contributed by atoms with Gasteiger partial charge in [-0.25, -0.2) is 15.0 Å². The van der Waals surface area contributed by atoms with Crippen LogP contribution in [-0.4, -0.2) is 26.9 Å². The molecule has 0 bridgehead atoms. The molecule has 21 heavy (non-hydrogen) atoms. The van der Waals surface area contributed by atoms with Crippen molar-refractivity contribution in [1.82, 2.24) is 19.9 Å². The molecular formula is C16H24N4S. The smallest absolute Gasteiger partial charge is 0.131 e. The highest BCUT2D eigenvalue weighted by Gasteiger charge is 2.18. The van der Waals surface area contributed by atoms with Crippen LogP contribution >= 0.6 is 11.3 Å². The summed E-state index contributed by atoms with van der Waals surface area (Å²) in [7, 11) is 2.12. The Bertz CT molecular complexity index is 606. The Morgan fingerprint density at radius 3 is 2.48 bits per heavy atom. The minimum absolute atomic E-state index is 0.285. The van der Waals surface area contributed by atoms with E-state index in [0.717, 1.165) is 23.1 Å².